The summed E-state index contributed by atoms with van der Waals surface area (Å²) >= 11 is 0. The monoisotopic (exact) mass is 558 g/mol. The van der Waals surface area contributed by atoms with Crippen molar-refractivity contribution in [3.8, 4) is 5.88 Å². The molecule has 3 rings (SSSR count). The Labute approximate surface area is 202 Å². The van der Waals surface area contributed by atoms with Gasteiger partial charge in [0, 0.05) is 38.7 Å². The maximum Gasteiger partial charge on any atom is 0.213 e. The van der Waals surface area contributed by atoms with Crippen LogP contribution in [0.25, 0.3) is 0 Å². The molecule has 0 amide bonds. The second-order valence-electron chi connectivity index (χ2n) is 7.55. The van der Waals surface area contributed by atoms with Gasteiger partial charge in [-0.15, -0.1) is 24.0 Å². The average molecular weight is 558 g/mol. The summed E-state index contributed by atoms with van der Waals surface area (Å²) in [6.07, 6.45) is 8.84. The van der Waals surface area contributed by atoms with Crippen LogP contribution < -0.4 is 15.4 Å². The van der Waals surface area contributed by atoms with E-state index in [1.165, 1.54) is 19.1 Å². The summed E-state index contributed by atoms with van der Waals surface area (Å²) in [5, 5.41) is 6.54. The lowest BCUT2D eigenvalue weighted by atomic mass is 10.1. The van der Waals surface area contributed by atoms with Crippen molar-refractivity contribution >= 4 is 39.8 Å². The highest BCUT2D eigenvalue weighted by molar-refractivity contribution is 14.0. The lowest BCUT2D eigenvalue weighted by molar-refractivity contribution is 0.201. The smallest absolute Gasteiger partial charge is 0.213 e. The molecule has 0 radical (unpaired) electrons. The Kier molecular flexibility index (Phi) is 10.0. The van der Waals surface area contributed by atoms with Gasteiger partial charge < -0.3 is 15.4 Å². The number of guanidine groups is 1. The van der Waals surface area contributed by atoms with E-state index in [1.54, 1.807) is 19.2 Å². The molecule has 0 bridgehead atoms. The first-order valence-electron chi connectivity index (χ1n) is 10.3. The fourth-order valence-corrected chi connectivity index (χ4v) is 4.03. The Hall–Kier alpha value is -1.88. The lowest BCUT2D eigenvalue weighted by Crippen LogP contribution is -2.37. The highest BCUT2D eigenvalue weighted by Gasteiger charge is 2.16. The van der Waals surface area contributed by atoms with Gasteiger partial charge in [-0.2, -0.15) is 0 Å². The third-order valence-electron chi connectivity index (χ3n) is 5.13. The number of pyridine rings is 1. The van der Waals surface area contributed by atoms with E-state index < -0.39 is 9.84 Å². The van der Waals surface area contributed by atoms with Crippen molar-refractivity contribution in [3.05, 3.63) is 53.7 Å². The van der Waals surface area contributed by atoms with Gasteiger partial charge >= 0.3 is 0 Å². The number of aromatic nitrogens is 1. The second-order valence-corrected chi connectivity index (χ2v) is 9.56. The molecular weight excluding hydrogens is 527 g/mol. The average Bonchev–Trinajstić information content (AvgIpc) is 3.24. The highest BCUT2D eigenvalue weighted by Crippen LogP contribution is 2.22. The maximum absolute atomic E-state index is 11.5. The Morgan fingerprint density at radius 1 is 1.10 bits per heavy atom. The third-order valence-corrected chi connectivity index (χ3v) is 6.26. The fourth-order valence-electron chi connectivity index (χ4n) is 3.40. The van der Waals surface area contributed by atoms with Crippen LogP contribution in [0, 0.1) is 0 Å². The highest BCUT2D eigenvalue weighted by atomic mass is 127. The van der Waals surface area contributed by atoms with Crippen molar-refractivity contribution in [2.75, 3.05) is 19.8 Å². The first kappa shape index (κ1) is 25.4. The number of hydrogen-bond acceptors (Lipinski definition) is 5. The van der Waals surface area contributed by atoms with Gasteiger partial charge in [-0.1, -0.05) is 18.2 Å². The molecule has 0 saturated heterocycles. The zero-order chi connectivity index (χ0) is 21.4. The van der Waals surface area contributed by atoms with Gasteiger partial charge in [0.25, 0.3) is 0 Å². The molecule has 0 unspecified atom stereocenters. The van der Waals surface area contributed by atoms with E-state index in [-0.39, 0.29) is 24.0 Å². The Morgan fingerprint density at radius 3 is 2.35 bits per heavy atom. The molecule has 1 aliphatic carbocycles. The van der Waals surface area contributed by atoms with Gasteiger partial charge in [0.1, 0.15) is 6.10 Å². The largest absolute Gasteiger partial charge is 0.474 e. The molecule has 1 heterocycles. The molecule has 2 aromatic rings. The van der Waals surface area contributed by atoms with E-state index >= 15 is 0 Å². The molecule has 1 fully saturated rings. The number of hydrogen-bond donors (Lipinski definition) is 2. The summed E-state index contributed by atoms with van der Waals surface area (Å²) in [4.78, 5) is 8.98. The third kappa shape index (κ3) is 8.29. The van der Waals surface area contributed by atoms with Crippen molar-refractivity contribution in [1.29, 1.82) is 0 Å². The zero-order valence-electron chi connectivity index (χ0n) is 18.0. The molecule has 0 atom stereocenters. The Bertz CT molecular complexity index is 942. The molecule has 1 aromatic carbocycles. The summed E-state index contributed by atoms with van der Waals surface area (Å²) in [6.45, 7) is 1.30. The van der Waals surface area contributed by atoms with Gasteiger partial charge in [0.15, 0.2) is 15.8 Å². The standard InChI is InChI=1S/C22H30N4O3S.HI/c1-23-22(24-14-13-17-7-10-20(11-8-17)30(2,27)28)26-16-18-9-12-21(25-15-18)29-19-5-3-4-6-19;/h7-12,15,19H,3-6,13-14,16H2,1-2H3,(H2,23,24,26);1H. The normalized spacial score (nSPS) is 14.7. The molecule has 0 aliphatic heterocycles. The van der Waals surface area contributed by atoms with Crippen LogP contribution in [-0.2, 0) is 22.8 Å². The topological polar surface area (TPSA) is 92.7 Å². The predicted octanol–water partition coefficient (Wildman–Crippen LogP) is 3.33. The van der Waals surface area contributed by atoms with E-state index in [2.05, 4.69) is 20.6 Å². The van der Waals surface area contributed by atoms with Crippen molar-refractivity contribution in [3.63, 3.8) is 0 Å². The summed E-state index contributed by atoms with van der Waals surface area (Å²) in [7, 11) is -1.43. The first-order valence-corrected chi connectivity index (χ1v) is 12.2. The number of aliphatic imine (C=N–C) groups is 1. The minimum Gasteiger partial charge on any atom is -0.474 e. The van der Waals surface area contributed by atoms with E-state index in [0.29, 0.717) is 35.9 Å². The summed E-state index contributed by atoms with van der Waals surface area (Å²) in [5.41, 5.74) is 2.11. The van der Waals surface area contributed by atoms with Crippen molar-refractivity contribution in [1.82, 2.24) is 15.6 Å². The van der Waals surface area contributed by atoms with Crippen LogP contribution in [0.15, 0.2) is 52.5 Å². The van der Waals surface area contributed by atoms with E-state index in [4.69, 9.17) is 4.74 Å². The molecule has 9 heteroatoms. The van der Waals surface area contributed by atoms with Crippen molar-refractivity contribution in [2.45, 2.75) is 49.6 Å². The fraction of sp³-hybridized carbons (Fsp3) is 0.455. The van der Waals surface area contributed by atoms with Crippen LogP contribution in [-0.4, -0.2) is 45.3 Å². The number of benzene rings is 1. The summed E-state index contributed by atoms with van der Waals surface area (Å²) < 4.78 is 28.9. The molecule has 1 saturated carbocycles. The number of halogens is 1. The number of nitrogens with zero attached hydrogens (tertiary/aromatic N) is 2. The SMILES string of the molecule is CN=C(NCCc1ccc(S(C)(=O)=O)cc1)NCc1ccc(OC2CCCC2)nc1.I. The van der Waals surface area contributed by atoms with Crippen LogP contribution in [0.5, 0.6) is 5.88 Å². The molecular formula is C22H31IN4O3S. The minimum absolute atomic E-state index is 0. The molecule has 0 spiro atoms. The van der Waals surface area contributed by atoms with E-state index in [0.717, 1.165) is 30.4 Å². The molecule has 1 aliphatic rings. The van der Waals surface area contributed by atoms with Gasteiger partial charge in [0.05, 0.1) is 4.90 Å². The Balaban J connectivity index is 0.00000341. The van der Waals surface area contributed by atoms with E-state index in [9.17, 15) is 8.42 Å². The lowest BCUT2D eigenvalue weighted by Gasteiger charge is -2.13. The summed E-state index contributed by atoms with van der Waals surface area (Å²) in [6, 6.07) is 10.9. The van der Waals surface area contributed by atoms with Gasteiger partial charge in [-0.25, -0.2) is 13.4 Å². The minimum atomic E-state index is -3.16. The number of ether oxygens (including phenoxy) is 1. The number of nitrogens with one attached hydrogen (secondary N) is 2. The number of sulfone groups is 1. The maximum atomic E-state index is 11.5. The zero-order valence-corrected chi connectivity index (χ0v) is 21.2. The Morgan fingerprint density at radius 2 is 1.77 bits per heavy atom. The van der Waals surface area contributed by atoms with Gasteiger partial charge in [0.2, 0.25) is 5.88 Å². The predicted molar refractivity (Wildman–Crippen MR) is 134 cm³/mol. The van der Waals surface area contributed by atoms with Crippen molar-refractivity contribution < 1.29 is 13.2 Å². The van der Waals surface area contributed by atoms with E-state index in [1.807, 2.05) is 30.5 Å². The van der Waals surface area contributed by atoms with Crippen LogP contribution in [0.2, 0.25) is 0 Å². The molecule has 7 nitrogen and oxygen atoms in total. The van der Waals surface area contributed by atoms with Gasteiger partial charge in [-0.05, 0) is 55.4 Å². The molecule has 31 heavy (non-hydrogen) atoms. The molecule has 170 valence electrons. The van der Waals surface area contributed by atoms with Crippen LogP contribution >= 0.6 is 24.0 Å². The first-order chi connectivity index (χ1) is 14.4. The van der Waals surface area contributed by atoms with Crippen LogP contribution in [0.1, 0.15) is 36.8 Å². The second kappa shape index (κ2) is 12.2. The van der Waals surface area contributed by atoms with Crippen LogP contribution in [0.3, 0.4) is 0 Å². The summed E-state index contributed by atoms with van der Waals surface area (Å²) in [5.74, 6) is 1.39. The van der Waals surface area contributed by atoms with Crippen LogP contribution in [0.4, 0.5) is 0 Å². The number of rotatable bonds is 8. The molecule has 2 N–H and O–H groups in total. The quantitative estimate of drug-likeness (QED) is 0.294. The van der Waals surface area contributed by atoms with Gasteiger partial charge in [-0.3, -0.25) is 4.99 Å². The van der Waals surface area contributed by atoms with Crippen molar-refractivity contribution in [2.24, 2.45) is 4.99 Å². The molecule has 1 aromatic heterocycles.